The highest BCUT2D eigenvalue weighted by molar-refractivity contribution is 7.53. The van der Waals surface area contributed by atoms with Crippen molar-refractivity contribution in [3.8, 4) is 0 Å². The van der Waals surface area contributed by atoms with Gasteiger partial charge in [0.2, 0.25) is 0 Å². The Morgan fingerprint density at radius 2 is 2.00 bits per heavy atom. The predicted molar refractivity (Wildman–Crippen MR) is 32.1 cm³/mol. The molecular formula is C4H7O4P. The molecule has 1 unspecified atom stereocenters. The van der Waals surface area contributed by atoms with Gasteiger partial charge in [-0.1, -0.05) is 6.08 Å². The summed E-state index contributed by atoms with van der Waals surface area (Å²) in [5, 5.41) is 0. The second kappa shape index (κ2) is 2.92. The fraction of sp³-hybridized carbons (Fsp3) is 0.250. The summed E-state index contributed by atoms with van der Waals surface area (Å²) in [6.45, 7) is 3.07. The maximum absolute atomic E-state index is 10.2. The lowest BCUT2D eigenvalue weighted by atomic mass is 10.5. The van der Waals surface area contributed by atoms with Gasteiger partial charge < -0.3 is 14.6 Å². The molecule has 0 heterocycles. The Kier molecular flexibility index (Phi) is 2.77. The molecule has 0 amide bonds. The highest BCUT2D eigenvalue weighted by Gasteiger charge is 2.24. The molecule has 0 saturated carbocycles. The first-order valence-corrected chi connectivity index (χ1v) is 3.83. The zero-order valence-electron chi connectivity index (χ0n) is 4.60. The Balaban J connectivity index is 4.30. The number of allylic oxidation sites excluding steroid dienone is 1. The Morgan fingerprint density at radius 3 is 2.00 bits per heavy atom. The summed E-state index contributed by atoms with van der Waals surface area (Å²) in [5.41, 5.74) is -1.35. The highest BCUT2D eigenvalue weighted by atomic mass is 31.2. The maximum atomic E-state index is 10.2. The molecule has 0 saturated heterocycles. The van der Waals surface area contributed by atoms with Crippen molar-refractivity contribution >= 4 is 13.9 Å². The van der Waals surface area contributed by atoms with Gasteiger partial charge in [0, 0.05) is 0 Å². The molecule has 0 aromatic rings. The van der Waals surface area contributed by atoms with Crippen LogP contribution in [0.3, 0.4) is 0 Å². The largest absolute Gasteiger partial charge is 0.339 e. The van der Waals surface area contributed by atoms with E-state index in [1.165, 1.54) is 0 Å². The lowest BCUT2D eigenvalue weighted by Gasteiger charge is -2.04. The molecule has 0 fully saturated rings. The number of rotatable bonds is 3. The van der Waals surface area contributed by atoms with E-state index in [1.807, 2.05) is 0 Å². The van der Waals surface area contributed by atoms with E-state index in [-0.39, 0.29) is 6.29 Å². The molecule has 0 aliphatic heterocycles. The Labute approximate surface area is 52.4 Å². The quantitative estimate of drug-likeness (QED) is 0.335. The zero-order chi connectivity index (χ0) is 7.49. The third-order valence-electron chi connectivity index (χ3n) is 0.769. The lowest BCUT2D eigenvalue weighted by molar-refractivity contribution is -0.107. The number of hydrogen-bond acceptors (Lipinski definition) is 2. The van der Waals surface area contributed by atoms with E-state index in [0.717, 1.165) is 6.08 Å². The summed E-state index contributed by atoms with van der Waals surface area (Å²) >= 11 is 0. The first-order valence-electron chi connectivity index (χ1n) is 2.15. The molecule has 1 atom stereocenters. The van der Waals surface area contributed by atoms with Crippen molar-refractivity contribution in [1.82, 2.24) is 0 Å². The van der Waals surface area contributed by atoms with Gasteiger partial charge in [0.1, 0.15) is 11.9 Å². The van der Waals surface area contributed by atoms with E-state index >= 15 is 0 Å². The van der Waals surface area contributed by atoms with Crippen LogP contribution in [0.4, 0.5) is 0 Å². The van der Waals surface area contributed by atoms with E-state index in [1.54, 1.807) is 0 Å². The van der Waals surface area contributed by atoms with Crippen molar-refractivity contribution in [3.63, 3.8) is 0 Å². The molecule has 0 aliphatic rings. The molecule has 0 spiro atoms. The minimum atomic E-state index is -4.26. The van der Waals surface area contributed by atoms with E-state index in [9.17, 15) is 9.36 Å². The summed E-state index contributed by atoms with van der Waals surface area (Å²) in [7, 11) is -4.26. The van der Waals surface area contributed by atoms with Crippen LogP contribution in [-0.2, 0) is 9.36 Å². The minimum absolute atomic E-state index is 0.174. The van der Waals surface area contributed by atoms with E-state index in [2.05, 4.69) is 6.58 Å². The molecule has 52 valence electrons. The lowest BCUT2D eigenvalue weighted by Crippen LogP contribution is -2.04. The van der Waals surface area contributed by atoms with Crippen molar-refractivity contribution in [2.24, 2.45) is 0 Å². The first-order chi connectivity index (χ1) is 4.02. The molecule has 0 aromatic heterocycles. The second-order valence-electron chi connectivity index (χ2n) is 1.45. The van der Waals surface area contributed by atoms with Crippen LogP contribution in [0, 0.1) is 0 Å². The van der Waals surface area contributed by atoms with Gasteiger partial charge in [-0.05, 0) is 0 Å². The van der Waals surface area contributed by atoms with Crippen LogP contribution in [-0.4, -0.2) is 21.7 Å². The monoisotopic (exact) mass is 150 g/mol. The molecule has 0 radical (unpaired) electrons. The van der Waals surface area contributed by atoms with Gasteiger partial charge >= 0.3 is 7.60 Å². The number of aldehydes is 1. The summed E-state index contributed by atoms with van der Waals surface area (Å²) in [5.74, 6) is 0. The molecule has 2 N–H and O–H groups in total. The zero-order valence-corrected chi connectivity index (χ0v) is 5.49. The maximum Gasteiger partial charge on any atom is 0.339 e. The SMILES string of the molecule is C=CC(C=O)P(=O)(O)O. The van der Waals surface area contributed by atoms with Crippen LogP contribution in [0.15, 0.2) is 12.7 Å². The van der Waals surface area contributed by atoms with Crippen LogP contribution in [0.2, 0.25) is 0 Å². The molecule has 0 aliphatic carbocycles. The third-order valence-corrected chi connectivity index (χ3v) is 1.88. The fourth-order valence-corrected chi connectivity index (χ4v) is 0.705. The summed E-state index contributed by atoms with van der Waals surface area (Å²) in [6.07, 6.45) is 1.10. The van der Waals surface area contributed by atoms with Gasteiger partial charge in [-0.25, -0.2) is 0 Å². The third kappa shape index (κ3) is 2.56. The summed E-state index contributed by atoms with van der Waals surface area (Å²) in [6, 6.07) is 0. The number of carbonyl (C=O) groups is 1. The van der Waals surface area contributed by atoms with Crippen molar-refractivity contribution in [1.29, 1.82) is 0 Å². The number of carbonyl (C=O) groups excluding carboxylic acids is 1. The summed E-state index contributed by atoms with van der Waals surface area (Å²) in [4.78, 5) is 26.4. The first kappa shape index (κ1) is 8.56. The Hall–Kier alpha value is -0.440. The molecule has 0 aromatic carbocycles. The van der Waals surface area contributed by atoms with E-state index in [0.29, 0.717) is 0 Å². The average molecular weight is 150 g/mol. The molecule has 0 bridgehead atoms. The van der Waals surface area contributed by atoms with Gasteiger partial charge in [0.25, 0.3) is 0 Å². The van der Waals surface area contributed by atoms with E-state index in [4.69, 9.17) is 9.79 Å². The van der Waals surface area contributed by atoms with Crippen molar-refractivity contribution in [3.05, 3.63) is 12.7 Å². The van der Waals surface area contributed by atoms with Crippen molar-refractivity contribution < 1.29 is 19.1 Å². The van der Waals surface area contributed by atoms with Gasteiger partial charge in [-0.3, -0.25) is 4.57 Å². The molecule has 0 rings (SSSR count). The van der Waals surface area contributed by atoms with Crippen LogP contribution < -0.4 is 0 Å². The molecule has 9 heavy (non-hydrogen) atoms. The highest BCUT2D eigenvalue weighted by Crippen LogP contribution is 2.40. The molecular weight excluding hydrogens is 143 g/mol. The van der Waals surface area contributed by atoms with E-state index < -0.39 is 13.3 Å². The Morgan fingerprint density at radius 1 is 1.56 bits per heavy atom. The normalized spacial score (nSPS) is 14.4. The van der Waals surface area contributed by atoms with Crippen LogP contribution in [0.25, 0.3) is 0 Å². The number of hydrogen-bond donors (Lipinski definition) is 2. The predicted octanol–water partition coefficient (Wildman–Crippen LogP) is -0.0824. The van der Waals surface area contributed by atoms with Crippen molar-refractivity contribution in [2.45, 2.75) is 5.66 Å². The van der Waals surface area contributed by atoms with Crippen molar-refractivity contribution in [2.75, 3.05) is 0 Å². The summed E-state index contributed by atoms with van der Waals surface area (Å²) < 4.78 is 10.2. The van der Waals surface area contributed by atoms with Gasteiger partial charge in [0.15, 0.2) is 0 Å². The topological polar surface area (TPSA) is 74.6 Å². The smallest absolute Gasteiger partial charge is 0.324 e. The van der Waals surface area contributed by atoms with Crippen LogP contribution in [0.5, 0.6) is 0 Å². The van der Waals surface area contributed by atoms with Gasteiger partial charge in [0.05, 0.1) is 0 Å². The Bertz CT molecular complexity index is 150. The second-order valence-corrected chi connectivity index (χ2v) is 3.23. The van der Waals surface area contributed by atoms with Crippen LogP contribution in [0.1, 0.15) is 0 Å². The van der Waals surface area contributed by atoms with Gasteiger partial charge in [-0.2, -0.15) is 0 Å². The van der Waals surface area contributed by atoms with Gasteiger partial charge in [-0.15, -0.1) is 6.58 Å². The average Bonchev–Trinajstić information content (AvgIpc) is 1.65. The minimum Gasteiger partial charge on any atom is -0.324 e. The standard InChI is InChI=1S/C4H7O4P/c1-2-4(3-5)9(6,7)8/h2-4H,1H2,(H2,6,7,8). The molecule has 4 nitrogen and oxygen atoms in total. The molecule has 5 heteroatoms. The fourth-order valence-electron chi connectivity index (χ4n) is 0.272. The van der Waals surface area contributed by atoms with Crippen LogP contribution >= 0.6 is 7.60 Å².